The molecule has 0 aliphatic heterocycles. The summed E-state index contributed by atoms with van der Waals surface area (Å²) in [6.45, 7) is 4.64. The van der Waals surface area contributed by atoms with Gasteiger partial charge in [0.25, 0.3) is 0 Å². The van der Waals surface area contributed by atoms with Gasteiger partial charge in [-0.25, -0.2) is 0 Å². The predicted molar refractivity (Wildman–Crippen MR) is 67.8 cm³/mol. The molecule has 0 unspecified atom stereocenters. The molecule has 4 nitrogen and oxygen atoms in total. The summed E-state index contributed by atoms with van der Waals surface area (Å²) in [7, 11) is 0. The van der Waals surface area contributed by atoms with Crippen LogP contribution in [0.1, 0.15) is 24.5 Å². The maximum Gasteiger partial charge on any atom is 0.234 e. The molecule has 1 rings (SSSR count). The number of aromatic hydroxyl groups is 1. The number of phenolic OH excluding ortho intramolecular Hbond substituents is 1. The van der Waals surface area contributed by atoms with Crippen molar-refractivity contribution in [2.24, 2.45) is 5.73 Å². The predicted octanol–water partition coefficient (Wildman–Crippen LogP) is 1.10. The van der Waals surface area contributed by atoms with E-state index in [0.717, 1.165) is 24.1 Å². The standard InChI is InChI=1S/C13H20N2O2/c1-3-6-15-11(13(14)17)8-10-4-5-12(16)9(2)7-10/h4-5,7,11,15-16H,3,6,8H2,1-2H3,(H2,14,17)/t11-/m0/s1. The Hall–Kier alpha value is -1.55. The quantitative estimate of drug-likeness (QED) is 0.692. The van der Waals surface area contributed by atoms with Gasteiger partial charge >= 0.3 is 0 Å². The van der Waals surface area contributed by atoms with Crippen molar-refractivity contribution < 1.29 is 9.90 Å². The Kier molecular flexibility index (Phi) is 4.97. The molecule has 0 fully saturated rings. The van der Waals surface area contributed by atoms with Gasteiger partial charge in [0.05, 0.1) is 6.04 Å². The zero-order valence-corrected chi connectivity index (χ0v) is 10.4. The molecule has 0 heterocycles. The Morgan fingerprint density at radius 1 is 1.53 bits per heavy atom. The van der Waals surface area contributed by atoms with E-state index in [-0.39, 0.29) is 17.7 Å². The normalized spacial score (nSPS) is 12.4. The molecule has 1 atom stereocenters. The van der Waals surface area contributed by atoms with Crippen LogP contribution in [0.5, 0.6) is 5.75 Å². The second kappa shape index (κ2) is 6.25. The number of carbonyl (C=O) groups is 1. The van der Waals surface area contributed by atoms with E-state index in [0.29, 0.717) is 6.42 Å². The zero-order valence-electron chi connectivity index (χ0n) is 10.4. The van der Waals surface area contributed by atoms with Gasteiger partial charge < -0.3 is 16.2 Å². The zero-order chi connectivity index (χ0) is 12.8. The third-order valence-electron chi connectivity index (χ3n) is 2.69. The Morgan fingerprint density at radius 2 is 2.24 bits per heavy atom. The summed E-state index contributed by atoms with van der Waals surface area (Å²) in [6, 6.07) is 4.98. The van der Waals surface area contributed by atoms with Crippen LogP contribution in [0.3, 0.4) is 0 Å². The van der Waals surface area contributed by atoms with Crippen molar-refractivity contribution in [2.75, 3.05) is 6.54 Å². The third-order valence-corrected chi connectivity index (χ3v) is 2.69. The fourth-order valence-corrected chi connectivity index (χ4v) is 1.67. The molecule has 0 saturated carbocycles. The molecule has 1 amide bonds. The highest BCUT2D eigenvalue weighted by Crippen LogP contribution is 2.17. The van der Waals surface area contributed by atoms with Crippen LogP contribution in [0.2, 0.25) is 0 Å². The maximum absolute atomic E-state index is 11.3. The van der Waals surface area contributed by atoms with Crippen molar-refractivity contribution in [3.05, 3.63) is 29.3 Å². The molecule has 0 aliphatic rings. The van der Waals surface area contributed by atoms with Crippen LogP contribution < -0.4 is 11.1 Å². The highest BCUT2D eigenvalue weighted by atomic mass is 16.3. The van der Waals surface area contributed by atoms with Gasteiger partial charge in [-0.05, 0) is 43.5 Å². The highest BCUT2D eigenvalue weighted by Gasteiger charge is 2.15. The molecule has 4 heteroatoms. The first kappa shape index (κ1) is 13.5. The maximum atomic E-state index is 11.3. The molecular formula is C13H20N2O2. The molecule has 17 heavy (non-hydrogen) atoms. The number of amides is 1. The molecule has 0 radical (unpaired) electrons. The topological polar surface area (TPSA) is 75.3 Å². The van der Waals surface area contributed by atoms with E-state index in [1.165, 1.54) is 0 Å². The average Bonchev–Trinajstić information content (AvgIpc) is 2.28. The summed E-state index contributed by atoms with van der Waals surface area (Å²) >= 11 is 0. The summed E-state index contributed by atoms with van der Waals surface area (Å²) in [5, 5.41) is 12.5. The van der Waals surface area contributed by atoms with E-state index in [4.69, 9.17) is 5.73 Å². The molecule has 0 spiro atoms. The van der Waals surface area contributed by atoms with Crippen LogP contribution in [-0.2, 0) is 11.2 Å². The van der Waals surface area contributed by atoms with Gasteiger partial charge in [-0.3, -0.25) is 4.79 Å². The van der Waals surface area contributed by atoms with E-state index < -0.39 is 0 Å². The lowest BCUT2D eigenvalue weighted by Gasteiger charge is -2.15. The molecule has 1 aromatic carbocycles. The van der Waals surface area contributed by atoms with Gasteiger partial charge in [-0.1, -0.05) is 19.1 Å². The van der Waals surface area contributed by atoms with E-state index in [1.54, 1.807) is 6.07 Å². The van der Waals surface area contributed by atoms with Crippen LogP contribution in [0, 0.1) is 6.92 Å². The Balaban J connectivity index is 2.71. The number of rotatable bonds is 6. The summed E-state index contributed by atoms with van der Waals surface area (Å²) in [6.07, 6.45) is 1.51. The molecule has 0 bridgehead atoms. The van der Waals surface area contributed by atoms with Crippen molar-refractivity contribution in [1.29, 1.82) is 0 Å². The second-order valence-corrected chi connectivity index (χ2v) is 4.23. The molecular weight excluding hydrogens is 216 g/mol. The fraction of sp³-hybridized carbons (Fsp3) is 0.462. The number of phenols is 1. The lowest BCUT2D eigenvalue weighted by Crippen LogP contribution is -2.43. The van der Waals surface area contributed by atoms with Crippen LogP contribution in [0.15, 0.2) is 18.2 Å². The summed E-state index contributed by atoms with van der Waals surface area (Å²) < 4.78 is 0. The van der Waals surface area contributed by atoms with E-state index >= 15 is 0 Å². The number of hydrogen-bond acceptors (Lipinski definition) is 3. The van der Waals surface area contributed by atoms with Crippen molar-refractivity contribution in [1.82, 2.24) is 5.32 Å². The van der Waals surface area contributed by atoms with Crippen LogP contribution >= 0.6 is 0 Å². The average molecular weight is 236 g/mol. The number of carbonyl (C=O) groups excluding carboxylic acids is 1. The van der Waals surface area contributed by atoms with Crippen molar-refractivity contribution in [3.8, 4) is 5.75 Å². The van der Waals surface area contributed by atoms with Gasteiger partial charge in [-0.15, -0.1) is 0 Å². The minimum atomic E-state index is -0.348. The Labute approximate surface area is 102 Å². The molecule has 0 aromatic heterocycles. The number of benzene rings is 1. The van der Waals surface area contributed by atoms with Crippen LogP contribution in [0.4, 0.5) is 0 Å². The van der Waals surface area contributed by atoms with Crippen molar-refractivity contribution in [2.45, 2.75) is 32.7 Å². The Bertz CT molecular complexity index is 391. The van der Waals surface area contributed by atoms with Crippen molar-refractivity contribution in [3.63, 3.8) is 0 Å². The molecule has 4 N–H and O–H groups in total. The smallest absolute Gasteiger partial charge is 0.234 e. The van der Waals surface area contributed by atoms with E-state index in [9.17, 15) is 9.90 Å². The summed E-state index contributed by atoms with van der Waals surface area (Å²) in [4.78, 5) is 11.3. The van der Waals surface area contributed by atoms with Gasteiger partial charge in [0.1, 0.15) is 5.75 Å². The van der Waals surface area contributed by atoms with Crippen molar-refractivity contribution >= 4 is 5.91 Å². The van der Waals surface area contributed by atoms with E-state index in [2.05, 4.69) is 5.32 Å². The van der Waals surface area contributed by atoms with Gasteiger partial charge in [0.2, 0.25) is 5.91 Å². The lowest BCUT2D eigenvalue weighted by molar-refractivity contribution is -0.120. The summed E-state index contributed by atoms with van der Waals surface area (Å²) in [5.74, 6) is -0.0740. The molecule has 1 aromatic rings. The first-order valence-electron chi connectivity index (χ1n) is 5.85. The minimum Gasteiger partial charge on any atom is -0.508 e. The minimum absolute atomic E-state index is 0.269. The number of hydrogen-bond donors (Lipinski definition) is 3. The second-order valence-electron chi connectivity index (χ2n) is 4.23. The molecule has 0 aliphatic carbocycles. The first-order valence-corrected chi connectivity index (χ1v) is 5.85. The third kappa shape index (κ3) is 4.07. The number of primary amides is 1. The largest absolute Gasteiger partial charge is 0.508 e. The van der Waals surface area contributed by atoms with Crippen LogP contribution in [-0.4, -0.2) is 23.6 Å². The van der Waals surface area contributed by atoms with Gasteiger partial charge in [-0.2, -0.15) is 0 Å². The highest BCUT2D eigenvalue weighted by molar-refractivity contribution is 5.80. The first-order chi connectivity index (χ1) is 8.04. The van der Waals surface area contributed by atoms with Crippen LogP contribution in [0.25, 0.3) is 0 Å². The van der Waals surface area contributed by atoms with E-state index in [1.807, 2.05) is 26.0 Å². The molecule has 94 valence electrons. The number of aryl methyl sites for hydroxylation is 1. The molecule has 0 saturated heterocycles. The fourth-order valence-electron chi connectivity index (χ4n) is 1.67. The monoisotopic (exact) mass is 236 g/mol. The SMILES string of the molecule is CCCN[C@@H](Cc1ccc(O)c(C)c1)C(N)=O. The number of nitrogens with one attached hydrogen (secondary N) is 1. The summed E-state index contributed by atoms with van der Waals surface area (Å²) in [5.41, 5.74) is 7.14. The van der Waals surface area contributed by atoms with Gasteiger partial charge in [0, 0.05) is 0 Å². The lowest BCUT2D eigenvalue weighted by atomic mass is 10.0. The number of nitrogens with two attached hydrogens (primary N) is 1. The Morgan fingerprint density at radius 3 is 2.76 bits per heavy atom. The van der Waals surface area contributed by atoms with Gasteiger partial charge in [0.15, 0.2) is 0 Å².